The summed E-state index contributed by atoms with van der Waals surface area (Å²) in [5, 5.41) is 0. The van der Waals surface area contributed by atoms with Crippen molar-refractivity contribution in [2.75, 3.05) is 6.61 Å². The summed E-state index contributed by atoms with van der Waals surface area (Å²) in [5.74, 6) is -0.185. The number of halogens is 1. The number of aryl methyl sites for hydroxylation is 2. The summed E-state index contributed by atoms with van der Waals surface area (Å²) >= 11 is 3.34. The molecule has 2 amide bonds. The fraction of sp³-hybridized carbons (Fsp3) is 0.158. The van der Waals surface area contributed by atoms with Crippen molar-refractivity contribution < 1.29 is 14.3 Å². The predicted molar refractivity (Wildman–Crippen MR) is 101 cm³/mol. The number of para-hydroxylation sites is 1. The van der Waals surface area contributed by atoms with E-state index in [0.29, 0.717) is 5.75 Å². The van der Waals surface area contributed by atoms with Crippen molar-refractivity contribution in [2.24, 2.45) is 0 Å². The van der Waals surface area contributed by atoms with Gasteiger partial charge in [-0.2, -0.15) is 0 Å². The number of ether oxygens (including phenoxy) is 1. The number of benzene rings is 2. The van der Waals surface area contributed by atoms with Crippen LogP contribution < -0.4 is 15.6 Å². The first-order valence-electron chi connectivity index (χ1n) is 7.67. The maximum Gasteiger partial charge on any atom is 0.276 e. The smallest absolute Gasteiger partial charge is 0.276 e. The maximum absolute atomic E-state index is 11.8. The summed E-state index contributed by atoms with van der Waals surface area (Å²) in [6.45, 7) is 3.65. The van der Waals surface area contributed by atoms with Gasteiger partial charge in [0.25, 0.3) is 11.8 Å². The van der Waals surface area contributed by atoms with Crippen molar-refractivity contribution in [1.82, 2.24) is 10.9 Å². The van der Waals surface area contributed by atoms with Gasteiger partial charge in [-0.05, 0) is 48.7 Å². The Morgan fingerprint density at radius 1 is 1.04 bits per heavy atom. The molecule has 0 heterocycles. The largest absolute Gasteiger partial charge is 0.483 e. The van der Waals surface area contributed by atoms with Crippen LogP contribution in [0.4, 0.5) is 0 Å². The van der Waals surface area contributed by atoms with Crippen LogP contribution >= 0.6 is 15.9 Å². The van der Waals surface area contributed by atoms with E-state index >= 15 is 0 Å². The molecule has 0 atom stereocenters. The predicted octanol–water partition coefficient (Wildman–Crippen LogP) is 3.31. The van der Waals surface area contributed by atoms with Crippen LogP contribution in [0.25, 0.3) is 6.08 Å². The lowest BCUT2D eigenvalue weighted by atomic mass is 10.1. The second-order valence-corrected chi connectivity index (χ2v) is 6.35. The number of carbonyl (C=O) groups excluding carboxylic acids is 2. The highest BCUT2D eigenvalue weighted by molar-refractivity contribution is 9.10. The van der Waals surface area contributed by atoms with Gasteiger partial charge in [0.1, 0.15) is 5.75 Å². The number of carbonyl (C=O) groups is 2. The van der Waals surface area contributed by atoms with Crippen LogP contribution in [0.1, 0.15) is 16.7 Å². The third-order valence-electron chi connectivity index (χ3n) is 3.38. The SMILES string of the molecule is Cc1cccc(C)c1OCC(=O)NNC(=O)/C=C/c1ccc(Br)cc1. The molecule has 0 spiro atoms. The van der Waals surface area contributed by atoms with Crippen molar-refractivity contribution >= 4 is 33.8 Å². The molecule has 0 aliphatic heterocycles. The van der Waals surface area contributed by atoms with E-state index in [-0.39, 0.29) is 6.61 Å². The molecule has 0 unspecified atom stereocenters. The van der Waals surface area contributed by atoms with Crippen LogP contribution in [0.5, 0.6) is 5.75 Å². The Balaban J connectivity index is 1.77. The van der Waals surface area contributed by atoms with Crippen LogP contribution in [-0.4, -0.2) is 18.4 Å². The topological polar surface area (TPSA) is 67.4 Å². The molecule has 130 valence electrons. The van der Waals surface area contributed by atoms with Crippen LogP contribution in [0, 0.1) is 13.8 Å². The molecule has 25 heavy (non-hydrogen) atoms. The normalized spacial score (nSPS) is 10.5. The molecule has 0 saturated heterocycles. The van der Waals surface area contributed by atoms with Gasteiger partial charge in [0, 0.05) is 10.5 Å². The summed E-state index contributed by atoms with van der Waals surface area (Å²) in [6, 6.07) is 13.2. The third kappa shape index (κ3) is 6.08. The van der Waals surface area contributed by atoms with E-state index in [0.717, 1.165) is 21.2 Å². The summed E-state index contributed by atoms with van der Waals surface area (Å²) in [5.41, 5.74) is 7.41. The molecule has 2 aromatic rings. The van der Waals surface area contributed by atoms with Gasteiger partial charge in [-0.25, -0.2) is 0 Å². The minimum Gasteiger partial charge on any atom is -0.483 e. The molecule has 0 aliphatic carbocycles. The average molecular weight is 403 g/mol. The molecule has 0 aliphatic rings. The van der Waals surface area contributed by atoms with E-state index in [9.17, 15) is 9.59 Å². The second-order valence-electron chi connectivity index (χ2n) is 5.43. The van der Waals surface area contributed by atoms with E-state index < -0.39 is 11.8 Å². The second kappa shape index (κ2) is 9.03. The Morgan fingerprint density at radius 2 is 1.68 bits per heavy atom. The fourth-order valence-corrected chi connectivity index (χ4v) is 2.38. The molecule has 2 N–H and O–H groups in total. The first kappa shape index (κ1) is 18.7. The lowest BCUT2D eigenvalue weighted by molar-refractivity contribution is -0.128. The molecule has 6 heteroatoms. The molecule has 0 fully saturated rings. The summed E-state index contributed by atoms with van der Waals surface area (Å²) in [6.07, 6.45) is 3.00. The Labute approximate surface area is 155 Å². The van der Waals surface area contributed by atoms with Gasteiger partial charge in [0.05, 0.1) is 0 Å². The highest BCUT2D eigenvalue weighted by Gasteiger charge is 2.07. The molecular weight excluding hydrogens is 384 g/mol. The monoisotopic (exact) mass is 402 g/mol. The Morgan fingerprint density at radius 3 is 2.32 bits per heavy atom. The number of hydrazine groups is 1. The first-order chi connectivity index (χ1) is 12.0. The van der Waals surface area contributed by atoms with Crippen LogP contribution in [0.15, 0.2) is 53.0 Å². The fourth-order valence-electron chi connectivity index (χ4n) is 2.12. The Hall–Kier alpha value is -2.60. The zero-order valence-corrected chi connectivity index (χ0v) is 15.6. The van der Waals surface area contributed by atoms with Gasteiger partial charge in [0.2, 0.25) is 0 Å². The molecule has 2 rings (SSSR count). The van der Waals surface area contributed by atoms with Crippen LogP contribution in [-0.2, 0) is 9.59 Å². The molecule has 0 aromatic heterocycles. The van der Waals surface area contributed by atoms with E-state index in [1.165, 1.54) is 6.08 Å². The maximum atomic E-state index is 11.8. The average Bonchev–Trinajstić information content (AvgIpc) is 2.59. The summed E-state index contributed by atoms with van der Waals surface area (Å²) in [4.78, 5) is 23.5. The molecule has 0 bridgehead atoms. The molecule has 2 aromatic carbocycles. The quantitative estimate of drug-likeness (QED) is 0.595. The van der Waals surface area contributed by atoms with Gasteiger partial charge >= 0.3 is 0 Å². The van der Waals surface area contributed by atoms with Crippen molar-refractivity contribution in [3.63, 3.8) is 0 Å². The first-order valence-corrected chi connectivity index (χ1v) is 8.46. The number of hydrogen-bond donors (Lipinski definition) is 2. The van der Waals surface area contributed by atoms with E-state index in [4.69, 9.17) is 4.74 Å². The van der Waals surface area contributed by atoms with E-state index in [1.807, 2.05) is 56.3 Å². The van der Waals surface area contributed by atoms with Gasteiger partial charge < -0.3 is 4.74 Å². The van der Waals surface area contributed by atoms with Crippen LogP contribution in [0.2, 0.25) is 0 Å². The lowest BCUT2D eigenvalue weighted by Crippen LogP contribution is -2.43. The molecular formula is C19H19BrN2O3. The van der Waals surface area contributed by atoms with Crippen molar-refractivity contribution in [3.8, 4) is 5.75 Å². The zero-order valence-electron chi connectivity index (χ0n) is 14.0. The van der Waals surface area contributed by atoms with Gasteiger partial charge in [-0.1, -0.05) is 46.3 Å². The molecule has 5 nitrogen and oxygen atoms in total. The third-order valence-corrected chi connectivity index (χ3v) is 3.91. The van der Waals surface area contributed by atoms with Crippen molar-refractivity contribution in [1.29, 1.82) is 0 Å². The highest BCUT2D eigenvalue weighted by atomic mass is 79.9. The number of amides is 2. The molecule has 0 radical (unpaired) electrons. The van der Waals surface area contributed by atoms with Gasteiger partial charge in [-0.15, -0.1) is 0 Å². The number of nitrogens with one attached hydrogen (secondary N) is 2. The number of rotatable bonds is 5. The van der Waals surface area contributed by atoms with Crippen molar-refractivity contribution in [2.45, 2.75) is 13.8 Å². The minimum atomic E-state index is -0.437. The number of hydrogen-bond acceptors (Lipinski definition) is 3. The lowest BCUT2D eigenvalue weighted by Gasteiger charge is -2.11. The summed E-state index contributed by atoms with van der Waals surface area (Å²) in [7, 11) is 0. The van der Waals surface area contributed by atoms with E-state index in [2.05, 4.69) is 26.8 Å². The van der Waals surface area contributed by atoms with Gasteiger partial charge in [0.15, 0.2) is 6.61 Å². The van der Waals surface area contributed by atoms with Crippen LogP contribution in [0.3, 0.4) is 0 Å². The Bertz CT molecular complexity index is 766. The zero-order chi connectivity index (χ0) is 18.2. The van der Waals surface area contributed by atoms with E-state index in [1.54, 1.807) is 6.08 Å². The highest BCUT2D eigenvalue weighted by Crippen LogP contribution is 2.21. The molecule has 0 saturated carbocycles. The van der Waals surface area contributed by atoms with Crippen molar-refractivity contribution in [3.05, 3.63) is 69.7 Å². The Kier molecular flexibility index (Phi) is 6.77. The van der Waals surface area contributed by atoms with Gasteiger partial charge in [-0.3, -0.25) is 20.4 Å². The minimum absolute atomic E-state index is 0.178. The standard InChI is InChI=1S/C19H19BrN2O3/c1-13-4-3-5-14(2)19(13)25-12-18(24)22-21-17(23)11-8-15-6-9-16(20)10-7-15/h3-11H,12H2,1-2H3,(H,21,23)(H,22,24)/b11-8+. The summed E-state index contributed by atoms with van der Waals surface area (Å²) < 4.78 is 6.48.